The summed E-state index contributed by atoms with van der Waals surface area (Å²) < 4.78 is 16.3. The standard InChI is InChI=1S/C19H17BrO6/c1-12(21)14-5-8-17(18(9-14)24-2)25-11-19(23)26-10-16(22)13-3-6-15(20)7-4-13/h3-9H,10-11H2,1-2H3. The van der Waals surface area contributed by atoms with Crippen LogP contribution in [0.2, 0.25) is 0 Å². The van der Waals surface area contributed by atoms with Crippen LogP contribution in [0.15, 0.2) is 46.9 Å². The van der Waals surface area contributed by atoms with E-state index in [2.05, 4.69) is 15.9 Å². The van der Waals surface area contributed by atoms with E-state index >= 15 is 0 Å². The van der Waals surface area contributed by atoms with E-state index < -0.39 is 5.97 Å². The summed E-state index contributed by atoms with van der Waals surface area (Å²) in [5.41, 5.74) is 0.917. The molecule has 0 aliphatic rings. The fraction of sp³-hybridized carbons (Fsp3) is 0.211. The molecular weight excluding hydrogens is 404 g/mol. The summed E-state index contributed by atoms with van der Waals surface area (Å²) in [5.74, 6) is -0.478. The van der Waals surface area contributed by atoms with Gasteiger partial charge in [-0.3, -0.25) is 9.59 Å². The minimum Gasteiger partial charge on any atom is -0.493 e. The summed E-state index contributed by atoms with van der Waals surface area (Å²) in [5, 5.41) is 0. The van der Waals surface area contributed by atoms with Crippen LogP contribution in [0.4, 0.5) is 0 Å². The topological polar surface area (TPSA) is 78.9 Å². The van der Waals surface area contributed by atoms with Gasteiger partial charge in [-0.2, -0.15) is 0 Å². The second kappa shape index (κ2) is 9.15. The number of carbonyl (C=O) groups excluding carboxylic acids is 3. The van der Waals surface area contributed by atoms with Crippen molar-refractivity contribution in [2.24, 2.45) is 0 Å². The number of Topliss-reactive ketones (excluding diaryl/α,β-unsaturated/α-hetero) is 2. The zero-order valence-corrected chi connectivity index (χ0v) is 15.9. The Bertz CT molecular complexity index is 813. The highest BCUT2D eigenvalue weighted by atomic mass is 79.9. The molecule has 0 bridgehead atoms. The summed E-state index contributed by atoms with van der Waals surface area (Å²) >= 11 is 3.28. The van der Waals surface area contributed by atoms with Crippen molar-refractivity contribution in [1.29, 1.82) is 0 Å². The highest BCUT2D eigenvalue weighted by Gasteiger charge is 2.13. The van der Waals surface area contributed by atoms with Crippen LogP contribution in [0, 0.1) is 0 Å². The minimum atomic E-state index is -0.687. The number of halogens is 1. The molecule has 136 valence electrons. The van der Waals surface area contributed by atoms with Crippen LogP contribution in [-0.4, -0.2) is 37.9 Å². The van der Waals surface area contributed by atoms with Gasteiger partial charge in [0.05, 0.1) is 7.11 Å². The number of ketones is 2. The van der Waals surface area contributed by atoms with Crippen LogP contribution in [0.5, 0.6) is 11.5 Å². The molecule has 0 aromatic heterocycles. The number of rotatable bonds is 8. The molecule has 26 heavy (non-hydrogen) atoms. The first-order valence-corrected chi connectivity index (χ1v) is 8.46. The molecule has 0 unspecified atom stereocenters. The lowest BCUT2D eigenvalue weighted by Crippen LogP contribution is -2.19. The first kappa shape index (κ1) is 19.7. The van der Waals surface area contributed by atoms with Crippen LogP contribution < -0.4 is 9.47 Å². The third-order valence-corrected chi connectivity index (χ3v) is 3.97. The molecular formula is C19H17BrO6. The highest BCUT2D eigenvalue weighted by molar-refractivity contribution is 9.10. The number of ether oxygens (including phenoxy) is 3. The third-order valence-electron chi connectivity index (χ3n) is 3.45. The van der Waals surface area contributed by atoms with Gasteiger partial charge in [-0.05, 0) is 37.3 Å². The minimum absolute atomic E-state index is 0.110. The third kappa shape index (κ3) is 5.42. The van der Waals surface area contributed by atoms with Gasteiger partial charge in [0.1, 0.15) is 0 Å². The average Bonchev–Trinajstić information content (AvgIpc) is 2.64. The first-order chi connectivity index (χ1) is 12.4. The fourth-order valence-corrected chi connectivity index (χ4v) is 2.31. The number of hydrogen-bond donors (Lipinski definition) is 0. The Kier molecular flexibility index (Phi) is 6.91. The number of hydrogen-bond acceptors (Lipinski definition) is 6. The van der Waals surface area contributed by atoms with Crippen molar-refractivity contribution in [3.63, 3.8) is 0 Å². The normalized spacial score (nSPS) is 10.1. The molecule has 2 aromatic carbocycles. The van der Waals surface area contributed by atoms with Gasteiger partial charge in [-0.1, -0.05) is 28.1 Å². The molecule has 0 saturated heterocycles. The summed E-state index contributed by atoms with van der Waals surface area (Å²) in [7, 11) is 1.43. The van der Waals surface area contributed by atoms with Gasteiger partial charge in [0.15, 0.2) is 36.3 Å². The molecule has 0 radical (unpaired) electrons. The van der Waals surface area contributed by atoms with Gasteiger partial charge in [0.2, 0.25) is 0 Å². The van der Waals surface area contributed by atoms with Crippen molar-refractivity contribution in [2.75, 3.05) is 20.3 Å². The molecule has 7 heteroatoms. The predicted molar refractivity (Wildman–Crippen MR) is 97.9 cm³/mol. The maximum atomic E-state index is 12.0. The van der Waals surface area contributed by atoms with Crippen LogP contribution in [0.1, 0.15) is 27.6 Å². The lowest BCUT2D eigenvalue weighted by atomic mass is 10.1. The molecule has 0 fully saturated rings. The van der Waals surface area contributed by atoms with Crippen molar-refractivity contribution in [3.05, 3.63) is 58.1 Å². The monoisotopic (exact) mass is 420 g/mol. The van der Waals surface area contributed by atoms with Gasteiger partial charge >= 0.3 is 5.97 Å². The van der Waals surface area contributed by atoms with Gasteiger partial charge in [-0.25, -0.2) is 4.79 Å². The number of benzene rings is 2. The Morgan fingerprint density at radius 1 is 0.923 bits per heavy atom. The van der Waals surface area contributed by atoms with E-state index in [0.717, 1.165) is 4.47 Å². The second-order valence-electron chi connectivity index (χ2n) is 5.30. The maximum Gasteiger partial charge on any atom is 0.344 e. The molecule has 0 spiro atoms. The zero-order chi connectivity index (χ0) is 19.1. The first-order valence-electron chi connectivity index (χ1n) is 7.67. The smallest absolute Gasteiger partial charge is 0.344 e. The molecule has 6 nitrogen and oxygen atoms in total. The Hall–Kier alpha value is -2.67. The van der Waals surface area contributed by atoms with Crippen molar-refractivity contribution >= 4 is 33.5 Å². The van der Waals surface area contributed by atoms with E-state index in [1.807, 2.05) is 0 Å². The predicted octanol–water partition coefficient (Wildman–Crippen LogP) is 3.47. The van der Waals surface area contributed by atoms with Gasteiger partial charge in [0, 0.05) is 15.6 Å². The molecule has 0 heterocycles. The second-order valence-corrected chi connectivity index (χ2v) is 6.22. The Morgan fingerprint density at radius 3 is 2.19 bits per heavy atom. The maximum absolute atomic E-state index is 12.0. The SMILES string of the molecule is COc1cc(C(C)=O)ccc1OCC(=O)OCC(=O)c1ccc(Br)cc1. The van der Waals surface area contributed by atoms with E-state index in [1.165, 1.54) is 26.2 Å². The van der Waals surface area contributed by atoms with Crippen LogP contribution >= 0.6 is 15.9 Å². The van der Waals surface area contributed by atoms with Crippen molar-refractivity contribution in [2.45, 2.75) is 6.92 Å². The van der Waals surface area contributed by atoms with Gasteiger partial charge < -0.3 is 14.2 Å². The zero-order valence-electron chi connectivity index (χ0n) is 14.3. The Balaban J connectivity index is 1.87. The Labute approximate surface area is 159 Å². The van der Waals surface area contributed by atoms with Crippen LogP contribution in [-0.2, 0) is 9.53 Å². The quantitative estimate of drug-likeness (QED) is 0.480. The van der Waals surface area contributed by atoms with E-state index in [1.54, 1.807) is 30.3 Å². The molecule has 0 N–H and O–H groups in total. The summed E-state index contributed by atoms with van der Waals surface area (Å²) in [6.45, 7) is 0.683. The number of esters is 1. The van der Waals surface area contributed by atoms with Gasteiger partial charge in [0.25, 0.3) is 0 Å². The molecule has 2 aromatic rings. The van der Waals surface area contributed by atoms with E-state index in [4.69, 9.17) is 14.2 Å². The van der Waals surface area contributed by atoms with Crippen LogP contribution in [0.25, 0.3) is 0 Å². The summed E-state index contributed by atoms with van der Waals surface area (Å²) in [6.07, 6.45) is 0. The molecule has 0 aliphatic carbocycles. The molecule has 0 saturated carbocycles. The Morgan fingerprint density at radius 2 is 1.58 bits per heavy atom. The summed E-state index contributed by atoms with van der Waals surface area (Å²) in [6, 6.07) is 11.4. The van der Waals surface area contributed by atoms with Crippen LogP contribution in [0.3, 0.4) is 0 Å². The number of methoxy groups -OCH3 is 1. The highest BCUT2D eigenvalue weighted by Crippen LogP contribution is 2.28. The van der Waals surface area contributed by atoms with E-state index in [9.17, 15) is 14.4 Å². The largest absolute Gasteiger partial charge is 0.493 e. The van der Waals surface area contributed by atoms with Gasteiger partial charge in [-0.15, -0.1) is 0 Å². The molecule has 0 aliphatic heterocycles. The number of carbonyl (C=O) groups is 3. The average molecular weight is 421 g/mol. The molecule has 2 rings (SSSR count). The lowest BCUT2D eigenvalue weighted by Gasteiger charge is -2.11. The van der Waals surface area contributed by atoms with E-state index in [0.29, 0.717) is 22.6 Å². The molecule has 0 amide bonds. The van der Waals surface area contributed by atoms with Crippen molar-refractivity contribution < 1.29 is 28.6 Å². The van der Waals surface area contributed by atoms with E-state index in [-0.39, 0.29) is 24.8 Å². The molecule has 0 atom stereocenters. The lowest BCUT2D eigenvalue weighted by molar-refractivity contribution is -0.144. The fourth-order valence-electron chi connectivity index (χ4n) is 2.05. The van der Waals surface area contributed by atoms with Crippen molar-refractivity contribution in [1.82, 2.24) is 0 Å². The summed E-state index contributed by atoms with van der Waals surface area (Å²) in [4.78, 5) is 35.1. The van der Waals surface area contributed by atoms with Crippen molar-refractivity contribution in [3.8, 4) is 11.5 Å².